The van der Waals surface area contributed by atoms with Gasteiger partial charge in [-0.05, 0) is 31.5 Å². The second kappa shape index (κ2) is 6.87. The molecule has 2 aromatic heterocycles. The van der Waals surface area contributed by atoms with Crippen molar-refractivity contribution < 1.29 is 4.79 Å². The number of benzene rings is 1. The van der Waals surface area contributed by atoms with Crippen molar-refractivity contribution in [3.63, 3.8) is 0 Å². The molecular formula is C22H24N4OS. The quantitative estimate of drug-likeness (QED) is 0.681. The third-order valence-electron chi connectivity index (χ3n) is 5.84. The normalized spacial score (nSPS) is 21.8. The first-order valence-electron chi connectivity index (χ1n) is 9.75. The highest BCUT2D eigenvalue weighted by molar-refractivity contribution is 7.09. The molecule has 28 heavy (non-hydrogen) atoms. The molecule has 0 spiro atoms. The van der Waals surface area contributed by atoms with Crippen LogP contribution in [0.1, 0.15) is 38.4 Å². The van der Waals surface area contributed by atoms with Crippen LogP contribution in [0.25, 0.3) is 0 Å². The number of carbonyl (C=O) groups excluding carboxylic acids is 1. The molecule has 0 bridgehead atoms. The van der Waals surface area contributed by atoms with Gasteiger partial charge < -0.3 is 9.47 Å². The molecule has 0 unspecified atom stereocenters. The molecule has 0 saturated carbocycles. The van der Waals surface area contributed by atoms with Crippen LogP contribution in [0.2, 0.25) is 0 Å². The van der Waals surface area contributed by atoms with Crippen molar-refractivity contribution >= 4 is 17.2 Å². The van der Waals surface area contributed by atoms with Gasteiger partial charge in [0.15, 0.2) is 0 Å². The third-order valence-corrected chi connectivity index (χ3v) is 6.66. The monoisotopic (exact) mass is 392 g/mol. The Hall–Kier alpha value is -2.44. The number of nitrogens with zero attached hydrogens (tertiary/aromatic N) is 4. The van der Waals surface area contributed by atoms with Crippen LogP contribution in [-0.4, -0.2) is 44.4 Å². The summed E-state index contributed by atoms with van der Waals surface area (Å²) in [7, 11) is 0. The summed E-state index contributed by atoms with van der Waals surface area (Å²) in [6.07, 6.45) is 2.06. The first-order chi connectivity index (χ1) is 13.6. The zero-order chi connectivity index (χ0) is 19.3. The molecule has 5 nitrogen and oxygen atoms in total. The number of thiazole rings is 1. The van der Waals surface area contributed by atoms with Crippen LogP contribution in [-0.2, 0) is 13.1 Å². The van der Waals surface area contributed by atoms with Crippen LogP contribution in [0, 0.1) is 13.8 Å². The predicted molar refractivity (Wildman–Crippen MR) is 110 cm³/mol. The van der Waals surface area contributed by atoms with Crippen molar-refractivity contribution in [3.05, 3.63) is 75.5 Å². The summed E-state index contributed by atoms with van der Waals surface area (Å²) >= 11 is 1.65. The fraction of sp³-hybridized carbons (Fsp3) is 0.364. The summed E-state index contributed by atoms with van der Waals surface area (Å²) in [5.41, 5.74) is 4.41. The van der Waals surface area contributed by atoms with Crippen molar-refractivity contribution in [3.8, 4) is 0 Å². The molecule has 2 aliphatic rings. The lowest BCUT2D eigenvalue weighted by Crippen LogP contribution is -2.49. The molecule has 1 saturated heterocycles. The number of aryl methyl sites for hydroxylation is 2. The maximum absolute atomic E-state index is 13.2. The van der Waals surface area contributed by atoms with Crippen LogP contribution in [0.5, 0.6) is 0 Å². The van der Waals surface area contributed by atoms with E-state index in [1.807, 2.05) is 24.0 Å². The number of hydrogen-bond acceptors (Lipinski definition) is 4. The Labute approximate surface area is 169 Å². The molecule has 0 radical (unpaired) electrons. The van der Waals surface area contributed by atoms with E-state index in [2.05, 4.69) is 57.2 Å². The molecule has 1 fully saturated rings. The zero-order valence-electron chi connectivity index (χ0n) is 16.2. The second-order valence-electron chi connectivity index (χ2n) is 7.91. The lowest BCUT2D eigenvalue weighted by molar-refractivity contribution is 0.0553. The van der Waals surface area contributed by atoms with E-state index in [-0.39, 0.29) is 11.9 Å². The SMILES string of the molecule is Cc1cccc(CN2C[C@H]3[C@H](C2)n2cccc2C(=O)N3Cc2csc(C)n2)c1. The summed E-state index contributed by atoms with van der Waals surface area (Å²) in [6, 6.07) is 13.1. The fourth-order valence-corrected chi connectivity index (χ4v) is 5.23. The van der Waals surface area contributed by atoms with Crippen molar-refractivity contribution in [2.75, 3.05) is 13.1 Å². The molecule has 0 N–H and O–H groups in total. The van der Waals surface area contributed by atoms with Gasteiger partial charge in [-0.3, -0.25) is 9.69 Å². The van der Waals surface area contributed by atoms with Crippen molar-refractivity contribution in [1.82, 2.24) is 19.4 Å². The first kappa shape index (κ1) is 17.6. The first-order valence-corrected chi connectivity index (χ1v) is 10.6. The van der Waals surface area contributed by atoms with Gasteiger partial charge in [0.1, 0.15) is 5.69 Å². The van der Waals surface area contributed by atoms with Crippen LogP contribution < -0.4 is 0 Å². The van der Waals surface area contributed by atoms with Crippen LogP contribution in [0.4, 0.5) is 0 Å². The molecule has 2 aliphatic heterocycles. The minimum absolute atomic E-state index is 0.120. The number of hydrogen-bond donors (Lipinski definition) is 0. The Balaban J connectivity index is 1.43. The zero-order valence-corrected chi connectivity index (χ0v) is 17.0. The summed E-state index contributed by atoms with van der Waals surface area (Å²) < 4.78 is 2.19. The largest absolute Gasteiger partial charge is 0.337 e. The molecule has 1 aromatic carbocycles. The molecule has 144 valence electrons. The number of amides is 1. The van der Waals surface area contributed by atoms with E-state index in [1.165, 1.54) is 11.1 Å². The number of rotatable bonds is 4. The summed E-state index contributed by atoms with van der Waals surface area (Å²) in [5.74, 6) is 0.120. The molecule has 6 heteroatoms. The topological polar surface area (TPSA) is 41.4 Å². The molecule has 4 heterocycles. The highest BCUT2D eigenvalue weighted by Gasteiger charge is 2.44. The van der Waals surface area contributed by atoms with E-state index in [1.54, 1.807) is 11.3 Å². The lowest BCUT2D eigenvalue weighted by atomic mass is 10.1. The Morgan fingerprint density at radius 3 is 2.75 bits per heavy atom. The van der Waals surface area contributed by atoms with Gasteiger partial charge in [-0.1, -0.05) is 29.8 Å². The van der Waals surface area contributed by atoms with Crippen molar-refractivity contribution in [2.24, 2.45) is 0 Å². The lowest BCUT2D eigenvalue weighted by Gasteiger charge is -2.38. The van der Waals surface area contributed by atoms with Gasteiger partial charge in [-0.2, -0.15) is 0 Å². The van der Waals surface area contributed by atoms with Crippen LogP contribution >= 0.6 is 11.3 Å². The standard InChI is InChI=1S/C22H24N4OS/c1-15-5-3-6-17(9-15)10-24-12-20-21(13-24)26(11-18-14-28-16(2)23-18)22(27)19-7-4-8-25(19)20/h3-9,14,20-21H,10-13H2,1-2H3/t20-,21-/m0/s1. The van der Waals surface area contributed by atoms with Crippen LogP contribution in [0.3, 0.4) is 0 Å². The summed E-state index contributed by atoms with van der Waals surface area (Å²) in [4.78, 5) is 22.3. The van der Waals surface area contributed by atoms with E-state index >= 15 is 0 Å². The van der Waals surface area contributed by atoms with E-state index in [0.717, 1.165) is 36.0 Å². The average molecular weight is 393 g/mol. The van der Waals surface area contributed by atoms with Crippen LogP contribution in [0.15, 0.2) is 48.0 Å². The molecule has 0 aliphatic carbocycles. The summed E-state index contributed by atoms with van der Waals surface area (Å²) in [6.45, 7) is 7.51. The Morgan fingerprint density at radius 1 is 1.11 bits per heavy atom. The minimum atomic E-state index is 0.120. The molecular weight excluding hydrogens is 368 g/mol. The van der Waals surface area contributed by atoms with Gasteiger partial charge in [0.2, 0.25) is 0 Å². The number of fused-ring (bicyclic) bond motifs is 3. The molecule has 5 rings (SSSR count). The highest BCUT2D eigenvalue weighted by Crippen LogP contribution is 2.35. The van der Waals surface area contributed by atoms with Crippen molar-refractivity contribution in [2.45, 2.75) is 39.0 Å². The van der Waals surface area contributed by atoms with Crippen molar-refractivity contribution in [1.29, 1.82) is 0 Å². The smallest absolute Gasteiger partial charge is 0.271 e. The highest BCUT2D eigenvalue weighted by atomic mass is 32.1. The predicted octanol–water partition coefficient (Wildman–Crippen LogP) is 3.64. The summed E-state index contributed by atoms with van der Waals surface area (Å²) in [5, 5.41) is 3.12. The minimum Gasteiger partial charge on any atom is -0.337 e. The Morgan fingerprint density at radius 2 is 1.96 bits per heavy atom. The fourth-order valence-electron chi connectivity index (χ4n) is 4.63. The van der Waals surface area contributed by atoms with Gasteiger partial charge in [-0.15, -0.1) is 11.3 Å². The molecule has 2 atom stereocenters. The van der Waals surface area contributed by atoms with Gasteiger partial charge in [-0.25, -0.2) is 4.98 Å². The Bertz CT molecular complexity index is 1020. The van der Waals surface area contributed by atoms with E-state index in [9.17, 15) is 4.79 Å². The van der Waals surface area contributed by atoms with E-state index in [4.69, 9.17) is 0 Å². The van der Waals surface area contributed by atoms with Gasteiger partial charge >= 0.3 is 0 Å². The number of aromatic nitrogens is 2. The van der Waals surface area contributed by atoms with Gasteiger partial charge in [0.05, 0.1) is 29.3 Å². The van der Waals surface area contributed by atoms with Gasteiger partial charge in [0, 0.05) is 31.2 Å². The maximum atomic E-state index is 13.2. The van der Waals surface area contributed by atoms with Gasteiger partial charge in [0.25, 0.3) is 5.91 Å². The second-order valence-corrected chi connectivity index (χ2v) is 8.97. The average Bonchev–Trinajstić information content (AvgIpc) is 3.38. The number of likely N-dealkylation sites (tertiary alicyclic amines) is 1. The third kappa shape index (κ3) is 3.06. The Kier molecular flexibility index (Phi) is 4.33. The number of carbonyl (C=O) groups is 1. The van der Waals surface area contributed by atoms with E-state index in [0.29, 0.717) is 12.6 Å². The maximum Gasteiger partial charge on any atom is 0.271 e. The molecule has 3 aromatic rings. The van der Waals surface area contributed by atoms with E-state index < -0.39 is 0 Å². The molecule has 1 amide bonds.